The Balaban J connectivity index is 3.21. The van der Waals surface area contributed by atoms with Gasteiger partial charge in [0.2, 0.25) is 0 Å². The van der Waals surface area contributed by atoms with Crippen LogP contribution in [0.1, 0.15) is 0 Å². The third kappa shape index (κ3) is 2.71. The molecule has 0 saturated heterocycles. The summed E-state index contributed by atoms with van der Waals surface area (Å²) in [6, 6.07) is 2.25. The molecule has 0 radical (unpaired) electrons. The smallest absolute Gasteiger partial charge is 0.272 e. The van der Waals surface area contributed by atoms with E-state index in [1.165, 1.54) is 0 Å². The first-order valence-electron chi connectivity index (χ1n) is 3.66. The van der Waals surface area contributed by atoms with Crippen molar-refractivity contribution in [2.24, 2.45) is 5.73 Å². The van der Waals surface area contributed by atoms with Crippen molar-refractivity contribution < 1.29 is 4.92 Å². The van der Waals surface area contributed by atoms with Crippen molar-refractivity contribution in [1.29, 1.82) is 5.41 Å². The third-order valence-corrected chi connectivity index (χ3v) is 2.09. The number of nitro benzene ring substituents is 1. The Morgan fingerprint density at radius 3 is 2.27 bits per heavy atom. The van der Waals surface area contributed by atoms with Crippen molar-refractivity contribution in [3.8, 4) is 0 Å². The lowest BCUT2D eigenvalue weighted by Crippen LogP contribution is -2.20. The highest BCUT2D eigenvalue weighted by Gasteiger charge is 2.14. The summed E-state index contributed by atoms with van der Waals surface area (Å²) in [6.45, 7) is 0. The summed E-state index contributed by atoms with van der Waals surface area (Å²) in [4.78, 5) is 9.82. The largest absolute Gasteiger partial charge is 0.370 e. The Morgan fingerprint density at radius 1 is 1.47 bits per heavy atom. The molecule has 0 saturated carbocycles. The van der Waals surface area contributed by atoms with E-state index in [9.17, 15) is 10.1 Å². The summed E-state index contributed by atoms with van der Waals surface area (Å²) in [5.74, 6) is -0.354. The zero-order valence-electron chi connectivity index (χ0n) is 7.25. The highest BCUT2D eigenvalue weighted by Crippen LogP contribution is 2.34. The molecule has 0 fully saturated rings. The van der Waals surface area contributed by atoms with Crippen LogP contribution in [0, 0.1) is 15.5 Å². The Bertz CT molecular complexity index is 412. The second kappa shape index (κ2) is 4.33. The van der Waals surface area contributed by atoms with Gasteiger partial charge in [-0.2, -0.15) is 0 Å². The van der Waals surface area contributed by atoms with Crippen molar-refractivity contribution in [1.82, 2.24) is 0 Å². The Hall–Kier alpha value is -1.53. The normalized spacial score (nSPS) is 9.73. The Labute approximate surface area is 94.6 Å². The first-order valence-corrected chi connectivity index (χ1v) is 4.42. The van der Waals surface area contributed by atoms with E-state index in [1.54, 1.807) is 0 Å². The molecule has 0 atom stereocenters. The summed E-state index contributed by atoms with van der Waals surface area (Å²) < 4.78 is 0. The van der Waals surface area contributed by atoms with Gasteiger partial charge in [0.25, 0.3) is 5.69 Å². The second-order valence-electron chi connectivity index (χ2n) is 2.58. The van der Waals surface area contributed by atoms with E-state index in [0.717, 1.165) is 12.1 Å². The van der Waals surface area contributed by atoms with Crippen molar-refractivity contribution in [3.05, 3.63) is 32.3 Å². The molecule has 15 heavy (non-hydrogen) atoms. The Kier molecular flexibility index (Phi) is 3.33. The zero-order chi connectivity index (χ0) is 11.6. The van der Waals surface area contributed by atoms with Gasteiger partial charge in [-0.25, -0.2) is 0 Å². The molecular weight excluding hydrogens is 243 g/mol. The van der Waals surface area contributed by atoms with Crippen LogP contribution in [0.2, 0.25) is 10.0 Å². The van der Waals surface area contributed by atoms with Gasteiger partial charge in [-0.3, -0.25) is 15.5 Å². The first-order chi connectivity index (χ1) is 6.91. The molecule has 1 aromatic carbocycles. The number of benzene rings is 1. The molecule has 80 valence electrons. The number of anilines is 1. The fourth-order valence-corrected chi connectivity index (χ4v) is 1.49. The van der Waals surface area contributed by atoms with Crippen molar-refractivity contribution in [2.75, 3.05) is 5.32 Å². The quantitative estimate of drug-likeness (QED) is 0.323. The molecule has 0 unspecified atom stereocenters. The summed E-state index contributed by atoms with van der Waals surface area (Å²) in [7, 11) is 0. The molecule has 0 aromatic heterocycles. The fourth-order valence-electron chi connectivity index (χ4n) is 0.919. The SMILES string of the molecule is N=C(N)Nc1c(Cl)cc([N+](=O)[O-])cc1Cl. The maximum Gasteiger partial charge on any atom is 0.272 e. The molecule has 8 heteroatoms. The minimum atomic E-state index is -0.616. The van der Waals surface area contributed by atoms with Crippen molar-refractivity contribution >= 4 is 40.5 Å². The van der Waals surface area contributed by atoms with E-state index < -0.39 is 4.92 Å². The predicted octanol–water partition coefficient (Wildman–Crippen LogP) is 2.21. The number of hydrogen-bond donors (Lipinski definition) is 3. The maximum atomic E-state index is 10.4. The molecule has 1 rings (SSSR count). The standard InChI is InChI=1S/C7H6Cl2N4O2/c8-4-1-3(13(14)15)2-5(9)6(4)12-7(10)11/h1-2H,(H4,10,11,12). The van der Waals surface area contributed by atoms with Gasteiger partial charge in [0.05, 0.1) is 20.7 Å². The summed E-state index contributed by atoms with van der Waals surface area (Å²) in [5, 5.41) is 19.9. The number of nitro groups is 1. The molecule has 0 aliphatic rings. The summed E-state index contributed by atoms with van der Waals surface area (Å²) in [5.41, 5.74) is 5.04. The molecular formula is C7H6Cl2N4O2. The topological polar surface area (TPSA) is 105 Å². The van der Waals surface area contributed by atoms with Crippen LogP contribution < -0.4 is 11.1 Å². The summed E-state index contributed by atoms with van der Waals surface area (Å²) >= 11 is 11.4. The van der Waals surface area contributed by atoms with Gasteiger partial charge in [-0.15, -0.1) is 0 Å². The van der Waals surface area contributed by atoms with Crippen LogP contribution in [-0.4, -0.2) is 10.9 Å². The zero-order valence-corrected chi connectivity index (χ0v) is 8.76. The van der Waals surface area contributed by atoms with E-state index >= 15 is 0 Å². The minimum absolute atomic E-state index is 0.0319. The van der Waals surface area contributed by atoms with Crippen LogP contribution in [0.15, 0.2) is 12.1 Å². The van der Waals surface area contributed by atoms with E-state index in [0.29, 0.717) is 0 Å². The van der Waals surface area contributed by atoms with Crippen LogP contribution in [0.25, 0.3) is 0 Å². The lowest BCUT2D eigenvalue weighted by molar-refractivity contribution is -0.384. The highest BCUT2D eigenvalue weighted by atomic mass is 35.5. The number of nitrogens with two attached hydrogens (primary N) is 1. The van der Waals surface area contributed by atoms with Crippen LogP contribution in [-0.2, 0) is 0 Å². The second-order valence-corrected chi connectivity index (χ2v) is 3.39. The van der Waals surface area contributed by atoms with Gasteiger partial charge in [0, 0.05) is 12.1 Å². The van der Waals surface area contributed by atoms with Gasteiger partial charge < -0.3 is 11.1 Å². The average molecular weight is 249 g/mol. The minimum Gasteiger partial charge on any atom is -0.370 e. The fraction of sp³-hybridized carbons (Fsp3) is 0. The van der Waals surface area contributed by atoms with Gasteiger partial charge in [0.15, 0.2) is 5.96 Å². The molecule has 0 amide bonds. The van der Waals surface area contributed by atoms with Crippen LogP contribution in [0.3, 0.4) is 0 Å². The number of rotatable bonds is 2. The number of nitrogens with one attached hydrogen (secondary N) is 2. The number of hydrogen-bond acceptors (Lipinski definition) is 3. The van der Waals surface area contributed by atoms with E-state index in [2.05, 4.69) is 5.32 Å². The summed E-state index contributed by atoms with van der Waals surface area (Å²) in [6.07, 6.45) is 0. The Morgan fingerprint density at radius 2 is 1.93 bits per heavy atom. The number of guanidine groups is 1. The first kappa shape index (κ1) is 11.5. The molecule has 0 aliphatic heterocycles. The molecule has 6 nitrogen and oxygen atoms in total. The molecule has 4 N–H and O–H groups in total. The van der Waals surface area contributed by atoms with Crippen LogP contribution in [0.4, 0.5) is 11.4 Å². The van der Waals surface area contributed by atoms with Crippen molar-refractivity contribution in [3.63, 3.8) is 0 Å². The molecule has 0 heterocycles. The van der Waals surface area contributed by atoms with Crippen LogP contribution >= 0.6 is 23.2 Å². The van der Waals surface area contributed by atoms with Gasteiger partial charge in [-0.05, 0) is 0 Å². The van der Waals surface area contributed by atoms with Crippen molar-refractivity contribution in [2.45, 2.75) is 0 Å². The van der Waals surface area contributed by atoms with Crippen LogP contribution in [0.5, 0.6) is 0 Å². The lowest BCUT2D eigenvalue weighted by atomic mass is 10.3. The molecule has 0 aliphatic carbocycles. The highest BCUT2D eigenvalue weighted by molar-refractivity contribution is 6.40. The van der Waals surface area contributed by atoms with E-state index in [4.69, 9.17) is 34.3 Å². The van der Waals surface area contributed by atoms with E-state index in [1.807, 2.05) is 0 Å². The monoisotopic (exact) mass is 248 g/mol. The third-order valence-electron chi connectivity index (χ3n) is 1.50. The number of non-ortho nitro benzene ring substituents is 1. The molecule has 0 bridgehead atoms. The van der Waals surface area contributed by atoms with Gasteiger partial charge in [0.1, 0.15) is 0 Å². The lowest BCUT2D eigenvalue weighted by Gasteiger charge is -2.07. The number of halogens is 2. The van der Waals surface area contributed by atoms with Gasteiger partial charge in [-0.1, -0.05) is 23.2 Å². The average Bonchev–Trinajstić information content (AvgIpc) is 2.10. The predicted molar refractivity (Wildman–Crippen MR) is 58.7 cm³/mol. The van der Waals surface area contributed by atoms with E-state index in [-0.39, 0.29) is 27.4 Å². The molecule has 1 aromatic rings. The van der Waals surface area contributed by atoms with Gasteiger partial charge >= 0.3 is 0 Å². The molecule has 0 spiro atoms. The number of nitrogens with zero attached hydrogens (tertiary/aromatic N) is 1. The maximum absolute atomic E-state index is 10.4.